The Morgan fingerprint density at radius 2 is 2.03 bits per heavy atom. The third-order valence-corrected chi connectivity index (χ3v) is 9.14. The van der Waals surface area contributed by atoms with Crippen molar-refractivity contribution in [2.75, 3.05) is 16.7 Å². The van der Waals surface area contributed by atoms with Crippen molar-refractivity contribution in [2.24, 2.45) is 5.92 Å². The summed E-state index contributed by atoms with van der Waals surface area (Å²) in [6, 6.07) is 13.0. The van der Waals surface area contributed by atoms with Crippen molar-refractivity contribution in [1.82, 2.24) is 5.16 Å². The number of amides is 1. The molecule has 1 N–H and O–H groups in total. The fraction of sp³-hybridized carbons (Fsp3) is 0.360. The number of para-hydroxylation sites is 1. The first-order chi connectivity index (χ1) is 16.4. The van der Waals surface area contributed by atoms with Crippen molar-refractivity contribution in [3.63, 3.8) is 0 Å². The van der Waals surface area contributed by atoms with Crippen LogP contribution in [0.1, 0.15) is 36.8 Å². The number of anilines is 2. The summed E-state index contributed by atoms with van der Waals surface area (Å²) in [5.41, 5.74) is 3.71. The molecule has 3 aliphatic carbocycles. The van der Waals surface area contributed by atoms with Gasteiger partial charge in [-0.05, 0) is 61.4 Å². The molecule has 1 amide bonds. The van der Waals surface area contributed by atoms with Gasteiger partial charge in [0, 0.05) is 34.7 Å². The van der Waals surface area contributed by atoms with Gasteiger partial charge in [0.2, 0.25) is 5.91 Å². The van der Waals surface area contributed by atoms with Crippen molar-refractivity contribution in [1.29, 1.82) is 0 Å². The lowest BCUT2D eigenvalue weighted by molar-refractivity contribution is -0.117. The zero-order chi connectivity index (χ0) is 23.2. The highest BCUT2D eigenvalue weighted by Crippen LogP contribution is 2.59. The molecule has 3 fully saturated rings. The van der Waals surface area contributed by atoms with E-state index in [1.54, 1.807) is 18.2 Å². The molecule has 2 saturated carbocycles. The molecule has 9 heteroatoms. The lowest BCUT2D eigenvalue weighted by atomic mass is 9.79. The zero-order valence-electron chi connectivity index (χ0n) is 18.6. The van der Waals surface area contributed by atoms with Gasteiger partial charge in [0.05, 0.1) is 7.11 Å². The largest absolute Gasteiger partial charge is 0.495 e. The summed E-state index contributed by atoms with van der Waals surface area (Å²) in [4.78, 5) is 14.5. The third kappa shape index (κ3) is 2.79. The number of nitrogens with one attached hydrogen (secondary N) is 1. The van der Waals surface area contributed by atoms with Crippen LogP contribution >= 0.6 is 0 Å². The van der Waals surface area contributed by atoms with Gasteiger partial charge < -0.3 is 14.2 Å². The highest BCUT2D eigenvalue weighted by Gasteiger charge is 2.53. The van der Waals surface area contributed by atoms with Crippen LogP contribution in [0.5, 0.6) is 5.75 Å². The van der Waals surface area contributed by atoms with E-state index in [9.17, 15) is 13.2 Å². The summed E-state index contributed by atoms with van der Waals surface area (Å²) < 4.78 is 40.0. The van der Waals surface area contributed by atoms with E-state index >= 15 is 0 Å². The van der Waals surface area contributed by atoms with Crippen molar-refractivity contribution < 1.29 is 22.5 Å². The average Bonchev–Trinajstić information content (AvgIpc) is 3.71. The SMILES string of the molecule is COc1ccccc1S(=O)(=O)Nc1noc2c1CC1(CC1)c1ccc(N3C(=O)CC4C[C@@H]43)cc1-2. The van der Waals surface area contributed by atoms with Gasteiger partial charge in [-0.15, -0.1) is 0 Å². The molecule has 1 unspecified atom stereocenters. The number of fused-ring (bicyclic) bond motifs is 5. The number of rotatable bonds is 5. The monoisotopic (exact) mass is 477 g/mol. The molecule has 7 rings (SSSR count). The molecule has 2 aromatic carbocycles. The number of piperidine rings is 1. The van der Waals surface area contributed by atoms with Crippen LogP contribution in [0.25, 0.3) is 11.3 Å². The maximum Gasteiger partial charge on any atom is 0.266 e. The summed E-state index contributed by atoms with van der Waals surface area (Å²) in [6.45, 7) is 0. The van der Waals surface area contributed by atoms with Crippen LogP contribution < -0.4 is 14.4 Å². The normalized spacial score (nSPS) is 23.3. The molecule has 34 heavy (non-hydrogen) atoms. The van der Waals surface area contributed by atoms with Gasteiger partial charge in [0.15, 0.2) is 11.6 Å². The minimum atomic E-state index is -3.93. The van der Waals surface area contributed by atoms with E-state index in [1.165, 1.54) is 18.7 Å². The van der Waals surface area contributed by atoms with E-state index in [4.69, 9.17) is 9.26 Å². The number of hydrogen-bond acceptors (Lipinski definition) is 6. The van der Waals surface area contributed by atoms with Crippen LogP contribution in [-0.4, -0.2) is 32.6 Å². The van der Waals surface area contributed by atoms with Crippen molar-refractivity contribution in [3.8, 4) is 17.1 Å². The highest BCUT2D eigenvalue weighted by molar-refractivity contribution is 7.92. The summed E-state index contributed by atoms with van der Waals surface area (Å²) in [5, 5.41) is 4.13. The standard InChI is InChI=1S/C25H23N3O5S/c1-32-20-4-2-3-5-21(20)34(30,31)27-24-17-13-25(8-9-25)18-7-6-15(12-16(18)23(17)33-26-24)28-19-10-14(19)11-22(28)29/h2-7,12,14,19H,8-11,13H2,1H3,(H,26,27)/t14?,19-/m0/s1. The quantitative estimate of drug-likeness (QED) is 0.599. The molecular weight excluding hydrogens is 454 g/mol. The van der Waals surface area contributed by atoms with E-state index in [1.807, 2.05) is 17.0 Å². The molecule has 0 bridgehead atoms. The molecule has 0 radical (unpaired) electrons. The van der Waals surface area contributed by atoms with Gasteiger partial charge in [0.1, 0.15) is 10.6 Å². The first kappa shape index (κ1) is 20.1. The van der Waals surface area contributed by atoms with Crippen molar-refractivity contribution >= 4 is 27.4 Å². The van der Waals surface area contributed by atoms with E-state index in [0.29, 0.717) is 30.6 Å². The van der Waals surface area contributed by atoms with E-state index < -0.39 is 10.0 Å². The Morgan fingerprint density at radius 1 is 1.21 bits per heavy atom. The Balaban J connectivity index is 1.30. The smallest absolute Gasteiger partial charge is 0.266 e. The Kier molecular flexibility index (Phi) is 3.91. The van der Waals surface area contributed by atoms with E-state index in [2.05, 4.69) is 15.9 Å². The molecule has 2 atom stereocenters. The predicted molar refractivity (Wildman–Crippen MR) is 124 cm³/mol. The second kappa shape index (κ2) is 6.63. The zero-order valence-corrected chi connectivity index (χ0v) is 19.4. The van der Waals surface area contributed by atoms with Crippen LogP contribution in [0, 0.1) is 5.92 Å². The van der Waals surface area contributed by atoms with Crippen LogP contribution in [0.15, 0.2) is 51.9 Å². The number of methoxy groups -OCH3 is 1. The highest BCUT2D eigenvalue weighted by atomic mass is 32.2. The molecule has 4 aliphatic rings. The van der Waals surface area contributed by atoms with Crippen LogP contribution in [0.4, 0.5) is 11.5 Å². The number of nitrogens with zero attached hydrogens (tertiary/aromatic N) is 2. The van der Waals surface area contributed by atoms with Gasteiger partial charge in [0.25, 0.3) is 10.0 Å². The first-order valence-corrected chi connectivity index (χ1v) is 13.0. The molecule has 1 aliphatic heterocycles. The number of ether oxygens (including phenoxy) is 1. The van der Waals surface area contributed by atoms with E-state index in [0.717, 1.165) is 36.1 Å². The van der Waals surface area contributed by atoms with Gasteiger partial charge in [-0.2, -0.15) is 0 Å². The summed E-state index contributed by atoms with van der Waals surface area (Å²) in [7, 11) is -2.50. The number of hydrogen-bond donors (Lipinski definition) is 1. The molecule has 3 aromatic rings. The minimum absolute atomic E-state index is 0.0336. The van der Waals surface area contributed by atoms with Crippen molar-refractivity contribution in [2.45, 2.75) is 48.5 Å². The number of carbonyl (C=O) groups excluding carboxylic acids is 1. The number of aromatic nitrogens is 1. The summed E-state index contributed by atoms with van der Waals surface area (Å²) >= 11 is 0. The van der Waals surface area contributed by atoms with Crippen LogP contribution in [0.2, 0.25) is 0 Å². The fourth-order valence-electron chi connectivity index (χ4n) is 5.76. The number of sulfonamides is 1. The lowest BCUT2D eigenvalue weighted by Gasteiger charge is -2.27. The number of benzene rings is 2. The molecule has 1 aromatic heterocycles. The maximum atomic E-state index is 13.2. The molecule has 2 heterocycles. The Labute approximate surface area is 196 Å². The van der Waals surface area contributed by atoms with Gasteiger partial charge in [-0.25, -0.2) is 8.42 Å². The molecule has 1 spiro atoms. The fourth-order valence-corrected chi connectivity index (χ4v) is 6.96. The first-order valence-electron chi connectivity index (χ1n) is 11.5. The third-order valence-electron chi connectivity index (χ3n) is 7.77. The second-order valence-corrected chi connectivity index (χ2v) is 11.5. The topological polar surface area (TPSA) is 102 Å². The molecule has 1 saturated heterocycles. The Hall–Kier alpha value is -3.33. The molecule has 8 nitrogen and oxygen atoms in total. The predicted octanol–water partition coefficient (Wildman–Crippen LogP) is 3.86. The number of carbonyl (C=O) groups is 1. The average molecular weight is 478 g/mol. The molecular formula is C25H23N3O5S. The van der Waals surface area contributed by atoms with Gasteiger partial charge >= 0.3 is 0 Å². The van der Waals surface area contributed by atoms with Gasteiger partial charge in [-0.3, -0.25) is 9.52 Å². The maximum absolute atomic E-state index is 13.2. The minimum Gasteiger partial charge on any atom is -0.495 e. The summed E-state index contributed by atoms with van der Waals surface area (Å²) in [5.74, 6) is 1.69. The Morgan fingerprint density at radius 3 is 2.76 bits per heavy atom. The Bertz CT molecular complexity index is 1470. The molecule has 174 valence electrons. The van der Waals surface area contributed by atoms with Crippen LogP contribution in [0.3, 0.4) is 0 Å². The van der Waals surface area contributed by atoms with E-state index in [-0.39, 0.29) is 27.8 Å². The van der Waals surface area contributed by atoms with Gasteiger partial charge in [-0.1, -0.05) is 23.4 Å². The second-order valence-electron chi connectivity index (χ2n) is 9.81. The summed E-state index contributed by atoms with van der Waals surface area (Å²) in [6.07, 6.45) is 4.39. The van der Waals surface area contributed by atoms with Crippen molar-refractivity contribution in [3.05, 3.63) is 53.6 Å². The van der Waals surface area contributed by atoms with Crippen LogP contribution in [-0.2, 0) is 26.7 Å². The lowest BCUT2D eigenvalue weighted by Crippen LogP contribution is -2.28.